The Bertz CT molecular complexity index is 895. The Morgan fingerprint density at radius 2 is 2.25 bits per heavy atom. The molecule has 0 saturated carbocycles. The molecule has 3 heterocycles. The number of aromatic amines is 1. The Hall–Kier alpha value is -2.60. The Morgan fingerprint density at radius 1 is 1.42 bits per heavy atom. The monoisotopic (exact) mass is 324 g/mol. The molecule has 0 spiro atoms. The quantitative estimate of drug-likeness (QED) is 0.777. The van der Waals surface area contributed by atoms with Crippen LogP contribution in [0.25, 0.3) is 10.9 Å². The molecule has 124 valence electrons. The first-order chi connectivity index (χ1) is 11.6. The molecule has 2 aromatic heterocycles. The van der Waals surface area contributed by atoms with E-state index in [1.54, 1.807) is 6.07 Å². The van der Waals surface area contributed by atoms with Crippen LogP contribution >= 0.6 is 0 Å². The van der Waals surface area contributed by atoms with Crippen LogP contribution in [-0.2, 0) is 17.8 Å². The van der Waals surface area contributed by atoms with Crippen molar-refractivity contribution in [3.05, 3.63) is 47.3 Å². The number of H-pyrrole nitrogens is 1. The van der Waals surface area contributed by atoms with Crippen LogP contribution in [0.1, 0.15) is 23.9 Å². The molecule has 1 aliphatic heterocycles. The molecule has 3 aromatic rings. The van der Waals surface area contributed by atoms with Crippen molar-refractivity contribution in [3.63, 3.8) is 0 Å². The fourth-order valence-corrected chi connectivity index (χ4v) is 3.33. The van der Waals surface area contributed by atoms with Crippen molar-refractivity contribution in [2.75, 3.05) is 11.9 Å². The van der Waals surface area contributed by atoms with Gasteiger partial charge in [-0.2, -0.15) is 0 Å². The lowest BCUT2D eigenvalue weighted by Crippen LogP contribution is -2.44. The Kier molecular flexibility index (Phi) is 3.61. The van der Waals surface area contributed by atoms with E-state index in [0.717, 1.165) is 25.2 Å². The zero-order valence-corrected chi connectivity index (χ0v) is 13.8. The number of hydrogen-bond donors (Lipinski definition) is 2. The first-order valence-corrected chi connectivity index (χ1v) is 8.18. The molecule has 0 radical (unpaired) electrons. The average molecular weight is 324 g/mol. The molecule has 0 saturated heterocycles. The summed E-state index contributed by atoms with van der Waals surface area (Å²) in [7, 11) is 0. The highest BCUT2D eigenvalue weighted by molar-refractivity contribution is 5.93. The first kappa shape index (κ1) is 15.0. The molecule has 1 atom stereocenters. The molecule has 0 aliphatic carbocycles. The van der Waals surface area contributed by atoms with Gasteiger partial charge in [-0.15, -0.1) is 0 Å². The van der Waals surface area contributed by atoms with Gasteiger partial charge in [-0.05, 0) is 25.5 Å². The highest BCUT2D eigenvalue weighted by Crippen LogP contribution is 2.28. The molecule has 4 rings (SSSR count). The molecule has 24 heavy (non-hydrogen) atoms. The second-order valence-corrected chi connectivity index (χ2v) is 6.35. The predicted molar refractivity (Wildman–Crippen MR) is 91.7 cm³/mol. The summed E-state index contributed by atoms with van der Waals surface area (Å²) < 4.78 is 5.07. The fourth-order valence-electron chi connectivity index (χ4n) is 3.33. The van der Waals surface area contributed by atoms with Crippen molar-refractivity contribution in [1.82, 2.24) is 15.0 Å². The number of nitrogens with zero attached hydrogens (tertiary/aromatic N) is 2. The number of hydrogen-bond acceptors (Lipinski definition) is 4. The molecule has 2 N–H and O–H groups in total. The van der Waals surface area contributed by atoms with Crippen molar-refractivity contribution in [1.29, 1.82) is 0 Å². The maximum Gasteiger partial charge on any atom is 0.243 e. The van der Waals surface area contributed by atoms with Crippen molar-refractivity contribution in [2.45, 2.75) is 32.9 Å². The van der Waals surface area contributed by atoms with Crippen LogP contribution in [0.5, 0.6) is 0 Å². The number of benzene rings is 1. The van der Waals surface area contributed by atoms with E-state index in [4.69, 9.17) is 4.52 Å². The average Bonchev–Trinajstić information content (AvgIpc) is 3.16. The lowest BCUT2D eigenvalue weighted by Gasteiger charge is -2.31. The van der Waals surface area contributed by atoms with E-state index in [1.807, 2.05) is 19.9 Å². The van der Waals surface area contributed by atoms with Gasteiger partial charge in [0.2, 0.25) is 11.8 Å². The van der Waals surface area contributed by atoms with Gasteiger partial charge in [0.05, 0.1) is 11.7 Å². The van der Waals surface area contributed by atoms with E-state index in [2.05, 4.69) is 38.6 Å². The minimum atomic E-state index is -0.239. The molecular formula is C18H20N4O2. The highest BCUT2D eigenvalue weighted by Gasteiger charge is 2.27. The Morgan fingerprint density at radius 3 is 3.04 bits per heavy atom. The molecule has 0 fully saturated rings. The number of aryl methyl sites for hydroxylation is 1. The van der Waals surface area contributed by atoms with Crippen molar-refractivity contribution >= 4 is 22.7 Å². The summed E-state index contributed by atoms with van der Waals surface area (Å²) in [6, 6.07) is 9.81. The molecule has 6 nitrogen and oxygen atoms in total. The van der Waals surface area contributed by atoms with Crippen LogP contribution in [0, 0.1) is 6.92 Å². The van der Waals surface area contributed by atoms with Gasteiger partial charge < -0.3 is 9.51 Å². The van der Waals surface area contributed by atoms with Gasteiger partial charge in [-0.1, -0.05) is 23.4 Å². The summed E-state index contributed by atoms with van der Waals surface area (Å²) in [4.78, 5) is 18.2. The third-order valence-corrected chi connectivity index (χ3v) is 4.71. The number of amides is 1. The highest BCUT2D eigenvalue weighted by atomic mass is 16.5. The molecule has 6 heteroatoms. The van der Waals surface area contributed by atoms with Gasteiger partial charge in [-0.25, -0.2) is 0 Å². The SMILES string of the molecule is Cc1cc(NC(=O)[C@H](C)N2CCc3[nH]c4ccccc4c3C2)on1. The topological polar surface area (TPSA) is 74.2 Å². The van der Waals surface area contributed by atoms with Crippen LogP contribution in [0.4, 0.5) is 5.88 Å². The van der Waals surface area contributed by atoms with E-state index in [9.17, 15) is 4.79 Å². The molecular weight excluding hydrogens is 304 g/mol. The van der Waals surface area contributed by atoms with E-state index >= 15 is 0 Å². The predicted octanol–water partition coefficient (Wildman–Crippen LogP) is 2.85. The van der Waals surface area contributed by atoms with Crippen molar-refractivity contribution < 1.29 is 9.32 Å². The lowest BCUT2D eigenvalue weighted by molar-refractivity contribution is -0.121. The second kappa shape index (κ2) is 5.79. The third-order valence-electron chi connectivity index (χ3n) is 4.71. The van der Waals surface area contributed by atoms with Gasteiger partial charge in [-0.3, -0.25) is 15.0 Å². The van der Waals surface area contributed by atoms with E-state index < -0.39 is 0 Å². The second-order valence-electron chi connectivity index (χ2n) is 6.35. The van der Waals surface area contributed by atoms with Crippen LogP contribution in [-0.4, -0.2) is 33.5 Å². The Labute approximate surface area is 139 Å². The first-order valence-electron chi connectivity index (χ1n) is 8.18. The summed E-state index contributed by atoms with van der Waals surface area (Å²) in [6.07, 6.45) is 0.920. The maximum atomic E-state index is 12.5. The number of nitrogens with one attached hydrogen (secondary N) is 2. The zero-order valence-electron chi connectivity index (χ0n) is 13.8. The number of para-hydroxylation sites is 1. The summed E-state index contributed by atoms with van der Waals surface area (Å²) in [6.45, 7) is 5.37. The normalized spacial score (nSPS) is 16.1. The van der Waals surface area contributed by atoms with Gasteiger partial charge in [0.15, 0.2) is 0 Å². The number of carbonyl (C=O) groups excluding carboxylic acids is 1. The number of carbonyl (C=O) groups is 1. The van der Waals surface area contributed by atoms with Gasteiger partial charge >= 0.3 is 0 Å². The van der Waals surface area contributed by atoms with Gasteiger partial charge in [0.25, 0.3) is 0 Å². The van der Waals surface area contributed by atoms with Crippen molar-refractivity contribution in [3.8, 4) is 0 Å². The largest absolute Gasteiger partial charge is 0.358 e. The number of aromatic nitrogens is 2. The van der Waals surface area contributed by atoms with Crippen LogP contribution in [0.2, 0.25) is 0 Å². The van der Waals surface area contributed by atoms with E-state index in [1.165, 1.54) is 22.2 Å². The molecule has 1 aliphatic rings. The lowest BCUT2D eigenvalue weighted by atomic mass is 10.0. The maximum absolute atomic E-state index is 12.5. The molecule has 0 unspecified atom stereocenters. The van der Waals surface area contributed by atoms with Crippen molar-refractivity contribution in [2.24, 2.45) is 0 Å². The minimum Gasteiger partial charge on any atom is -0.358 e. The van der Waals surface area contributed by atoms with Crippen LogP contribution < -0.4 is 5.32 Å². The molecule has 1 amide bonds. The fraction of sp³-hybridized carbons (Fsp3) is 0.333. The van der Waals surface area contributed by atoms with Crippen LogP contribution in [0.3, 0.4) is 0 Å². The van der Waals surface area contributed by atoms with Gasteiger partial charge in [0, 0.05) is 42.2 Å². The smallest absolute Gasteiger partial charge is 0.243 e. The molecule has 1 aromatic carbocycles. The number of rotatable bonds is 3. The van der Waals surface area contributed by atoms with E-state index in [0.29, 0.717) is 5.88 Å². The van der Waals surface area contributed by atoms with Crippen LogP contribution in [0.15, 0.2) is 34.9 Å². The third kappa shape index (κ3) is 2.59. The summed E-state index contributed by atoms with van der Waals surface area (Å²) in [5, 5.41) is 7.83. The summed E-state index contributed by atoms with van der Waals surface area (Å²) >= 11 is 0. The molecule has 0 bridgehead atoms. The number of fused-ring (bicyclic) bond motifs is 3. The summed E-state index contributed by atoms with van der Waals surface area (Å²) in [5.41, 5.74) is 4.50. The minimum absolute atomic E-state index is 0.0746. The van der Waals surface area contributed by atoms with Gasteiger partial charge in [0.1, 0.15) is 0 Å². The zero-order chi connectivity index (χ0) is 16.7. The number of anilines is 1. The standard InChI is InChI=1S/C18H20N4O2/c1-11-9-17(24-21-11)20-18(23)12(2)22-8-7-16-14(10-22)13-5-3-4-6-15(13)19-16/h3-6,9,12,19H,7-8,10H2,1-2H3,(H,20,23)/t12-/m0/s1. The Balaban J connectivity index is 1.52. The van der Waals surface area contributed by atoms with E-state index in [-0.39, 0.29) is 11.9 Å². The summed E-state index contributed by atoms with van der Waals surface area (Å²) in [5.74, 6) is 0.323.